The Labute approximate surface area is 313 Å². The number of para-hydroxylation sites is 1. The van der Waals surface area contributed by atoms with Crippen molar-refractivity contribution in [1.29, 1.82) is 0 Å². The Bertz CT molecular complexity index is 3330. The normalized spacial score (nSPS) is 11.9. The van der Waals surface area contributed by atoms with Crippen LogP contribution in [0.4, 0.5) is 0 Å². The van der Waals surface area contributed by atoms with E-state index in [4.69, 9.17) is 23.8 Å². The minimum Gasteiger partial charge on any atom is -0.461 e. The Balaban J connectivity index is 1.08. The van der Waals surface area contributed by atoms with Crippen molar-refractivity contribution in [3.63, 3.8) is 0 Å². The lowest BCUT2D eigenvalue weighted by Gasteiger charge is -2.11. The Morgan fingerprint density at radius 1 is 0.519 bits per heavy atom. The zero-order valence-corrected chi connectivity index (χ0v) is 29.9. The van der Waals surface area contributed by atoms with E-state index < -0.39 is 0 Å². The molecule has 0 radical (unpaired) electrons. The SMILES string of the molecule is C=C(c1nc(-c2ccc3ccccc3c2)nc(-c2cccc3sc4ccccc4c23)n1)c1c(C)oc2cc(-c3cccc4oc5ccccc5c34)ccc12. The highest BCUT2D eigenvalue weighted by molar-refractivity contribution is 7.25. The molecule has 254 valence electrons. The van der Waals surface area contributed by atoms with Crippen LogP contribution in [0.1, 0.15) is 17.1 Å². The van der Waals surface area contributed by atoms with E-state index in [0.29, 0.717) is 23.0 Å². The topological polar surface area (TPSA) is 65.0 Å². The molecule has 0 aliphatic heterocycles. The van der Waals surface area contributed by atoms with Crippen LogP contribution in [0.5, 0.6) is 0 Å². The van der Waals surface area contributed by atoms with Gasteiger partial charge in [-0.25, -0.2) is 15.0 Å². The summed E-state index contributed by atoms with van der Waals surface area (Å²) in [6.07, 6.45) is 0. The fourth-order valence-electron chi connectivity index (χ4n) is 7.94. The smallest absolute Gasteiger partial charge is 0.164 e. The molecule has 0 aliphatic rings. The number of rotatable bonds is 5. The van der Waals surface area contributed by atoms with E-state index in [0.717, 1.165) is 82.6 Å². The van der Waals surface area contributed by atoms with Gasteiger partial charge >= 0.3 is 0 Å². The summed E-state index contributed by atoms with van der Waals surface area (Å²) in [6.45, 7) is 6.61. The van der Waals surface area contributed by atoms with E-state index in [-0.39, 0.29) is 0 Å². The monoisotopic (exact) mass is 711 g/mol. The molecule has 0 atom stereocenters. The largest absolute Gasteiger partial charge is 0.461 e. The second-order valence-electron chi connectivity index (χ2n) is 13.6. The summed E-state index contributed by atoms with van der Waals surface area (Å²) in [5, 5.41) is 7.74. The van der Waals surface area contributed by atoms with Crippen LogP contribution in [0.2, 0.25) is 0 Å². The van der Waals surface area contributed by atoms with Crippen LogP contribution in [0.25, 0.3) is 103 Å². The van der Waals surface area contributed by atoms with Crippen LogP contribution in [-0.2, 0) is 0 Å². The molecule has 0 amide bonds. The van der Waals surface area contributed by atoms with Crippen molar-refractivity contribution in [3.8, 4) is 33.9 Å². The van der Waals surface area contributed by atoms with Crippen molar-refractivity contribution in [3.05, 3.63) is 169 Å². The van der Waals surface area contributed by atoms with Gasteiger partial charge in [0.1, 0.15) is 22.5 Å². The summed E-state index contributed by atoms with van der Waals surface area (Å²) >= 11 is 1.78. The van der Waals surface area contributed by atoms with Crippen LogP contribution in [0.15, 0.2) is 161 Å². The summed E-state index contributed by atoms with van der Waals surface area (Å²) in [4.78, 5) is 15.5. The highest BCUT2D eigenvalue weighted by Crippen LogP contribution is 2.42. The molecular formula is C48H29N3O2S. The number of hydrogen-bond donors (Lipinski definition) is 0. The molecule has 0 N–H and O–H groups in total. The second-order valence-corrected chi connectivity index (χ2v) is 14.7. The minimum atomic E-state index is 0.504. The summed E-state index contributed by atoms with van der Waals surface area (Å²) < 4.78 is 15.1. The minimum absolute atomic E-state index is 0.504. The first-order chi connectivity index (χ1) is 26.6. The van der Waals surface area contributed by atoms with Crippen molar-refractivity contribution in [1.82, 2.24) is 15.0 Å². The third-order valence-electron chi connectivity index (χ3n) is 10.4. The zero-order valence-electron chi connectivity index (χ0n) is 29.1. The second kappa shape index (κ2) is 11.8. The lowest BCUT2D eigenvalue weighted by Crippen LogP contribution is -2.03. The van der Waals surface area contributed by atoms with Crippen LogP contribution in [0.3, 0.4) is 0 Å². The van der Waals surface area contributed by atoms with Crippen molar-refractivity contribution in [2.75, 3.05) is 0 Å². The maximum atomic E-state index is 6.50. The lowest BCUT2D eigenvalue weighted by atomic mass is 9.97. The van der Waals surface area contributed by atoms with E-state index in [2.05, 4.69) is 122 Å². The molecule has 4 heterocycles. The summed E-state index contributed by atoms with van der Waals surface area (Å²) in [5.41, 5.74) is 8.06. The number of aromatic nitrogens is 3. The number of nitrogens with zero attached hydrogens (tertiary/aromatic N) is 3. The highest BCUT2D eigenvalue weighted by Gasteiger charge is 2.22. The highest BCUT2D eigenvalue weighted by atomic mass is 32.1. The van der Waals surface area contributed by atoms with E-state index in [1.807, 2.05) is 37.3 Å². The predicted octanol–water partition coefficient (Wildman–Crippen LogP) is 13.4. The lowest BCUT2D eigenvalue weighted by molar-refractivity contribution is 0.577. The van der Waals surface area contributed by atoms with Gasteiger partial charge in [0.2, 0.25) is 0 Å². The number of benzene rings is 7. The molecule has 0 saturated heterocycles. The van der Waals surface area contributed by atoms with Crippen LogP contribution >= 0.6 is 11.3 Å². The number of fused-ring (bicyclic) bond motifs is 8. The standard InChI is InChI=1S/C48H29N3O2S/c1-27(43-28(2)52-40-26-31(23-24-35(40)43)33-15-9-18-39-44(33)34-13-5-7-17-38(34)53-39)46-49-47(32-22-21-29-11-3-4-12-30(29)25-32)51-48(50-46)37-16-10-20-42-45(37)36-14-6-8-19-41(36)54-42/h3-26H,1H2,2H3. The molecule has 0 unspecified atom stereocenters. The summed E-state index contributed by atoms with van der Waals surface area (Å²) in [6, 6.07) is 50.3. The number of hydrogen-bond acceptors (Lipinski definition) is 6. The van der Waals surface area contributed by atoms with Crippen molar-refractivity contribution in [2.45, 2.75) is 6.92 Å². The average molecular weight is 712 g/mol. The van der Waals surface area contributed by atoms with E-state index in [1.54, 1.807) is 11.3 Å². The van der Waals surface area contributed by atoms with E-state index in [1.165, 1.54) is 14.8 Å². The Hall–Kier alpha value is -6.89. The van der Waals surface area contributed by atoms with Crippen LogP contribution in [0, 0.1) is 6.92 Å². The molecular weight excluding hydrogens is 683 g/mol. The Morgan fingerprint density at radius 2 is 1.24 bits per heavy atom. The van der Waals surface area contributed by atoms with Gasteiger partial charge in [0.05, 0.1) is 0 Å². The molecule has 0 spiro atoms. The fourth-order valence-corrected chi connectivity index (χ4v) is 9.07. The van der Waals surface area contributed by atoms with Crippen molar-refractivity contribution < 1.29 is 8.83 Å². The van der Waals surface area contributed by atoms with Gasteiger partial charge in [-0.15, -0.1) is 11.3 Å². The van der Waals surface area contributed by atoms with Gasteiger partial charge in [0.25, 0.3) is 0 Å². The number of furan rings is 2. The summed E-state index contributed by atoms with van der Waals surface area (Å²) in [7, 11) is 0. The van der Waals surface area contributed by atoms with Gasteiger partial charge in [-0.1, -0.05) is 110 Å². The first-order valence-electron chi connectivity index (χ1n) is 17.9. The molecule has 5 nitrogen and oxygen atoms in total. The third kappa shape index (κ3) is 4.74. The fraction of sp³-hybridized carbons (Fsp3) is 0.0208. The van der Waals surface area contributed by atoms with Gasteiger partial charge in [-0.3, -0.25) is 0 Å². The molecule has 0 bridgehead atoms. The van der Waals surface area contributed by atoms with Gasteiger partial charge in [0, 0.05) is 58.6 Å². The van der Waals surface area contributed by atoms with E-state index in [9.17, 15) is 0 Å². The van der Waals surface area contributed by atoms with Gasteiger partial charge in [-0.2, -0.15) is 0 Å². The molecule has 6 heteroatoms. The quantitative estimate of drug-likeness (QED) is 0.178. The maximum Gasteiger partial charge on any atom is 0.164 e. The van der Waals surface area contributed by atoms with Gasteiger partial charge < -0.3 is 8.83 Å². The first kappa shape index (κ1) is 30.7. The Kier molecular flexibility index (Phi) is 6.72. The van der Waals surface area contributed by atoms with Crippen molar-refractivity contribution in [2.24, 2.45) is 0 Å². The molecule has 4 aromatic heterocycles. The Morgan fingerprint density at radius 3 is 2.17 bits per heavy atom. The molecule has 0 aliphatic carbocycles. The van der Waals surface area contributed by atoms with E-state index >= 15 is 0 Å². The predicted molar refractivity (Wildman–Crippen MR) is 223 cm³/mol. The van der Waals surface area contributed by atoms with Crippen LogP contribution in [-0.4, -0.2) is 15.0 Å². The molecule has 0 saturated carbocycles. The first-order valence-corrected chi connectivity index (χ1v) is 18.7. The maximum absolute atomic E-state index is 6.50. The van der Waals surface area contributed by atoms with Gasteiger partial charge in [0.15, 0.2) is 17.5 Å². The average Bonchev–Trinajstić information content (AvgIpc) is 3.90. The zero-order chi connectivity index (χ0) is 35.9. The molecule has 54 heavy (non-hydrogen) atoms. The third-order valence-corrected chi connectivity index (χ3v) is 11.6. The molecule has 11 rings (SSSR count). The molecule has 0 fully saturated rings. The summed E-state index contributed by atoms with van der Waals surface area (Å²) in [5.74, 6) is 2.45. The van der Waals surface area contributed by atoms with Crippen LogP contribution < -0.4 is 0 Å². The van der Waals surface area contributed by atoms with Crippen molar-refractivity contribution >= 4 is 80.8 Å². The molecule has 7 aromatic carbocycles. The van der Waals surface area contributed by atoms with Gasteiger partial charge in [-0.05, 0) is 71.3 Å². The molecule has 11 aromatic rings. The number of thiophene rings is 1. The number of aryl methyl sites for hydroxylation is 1.